The van der Waals surface area contributed by atoms with Crippen LogP contribution in [0.5, 0.6) is 0 Å². The van der Waals surface area contributed by atoms with E-state index in [0.29, 0.717) is 18.9 Å². The molecule has 0 radical (unpaired) electrons. The standard InChI is InChI=1S/C21H26N4O3/c1-3-16-6-4-5-15(2)19(16)24-20(26)17-13-18(23-14-22-17)25-9-7-21(8-10-25)27-11-12-28-21/h4-6,13-14H,3,7-12H2,1-2H3,(H,24,26). The highest BCUT2D eigenvalue weighted by molar-refractivity contribution is 6.04. The van der Waals surface area contributed by atoms with Crippen molar-refractivity contribution in [3.63, 3.8) is 0 Å². The van der Waals surface area contributed by atoms with Crippen LogP contribution in [0.1, 0.15) is 41.4 Å². The van der Waals surface area contributed by atoms with Gasteiger partial charge in [-0.1, -0.05) is 25.1 Å². The summed E-state index contributed by atoms with van der Waals surface area (Å²) in [6.45, 7) is 6.95. The summed E-state index contributed by atoms with van der Waals surface area (Å²) >= 11 is 0. The highest BCUT2D eigenvalue weighted by atomic mass is 16.7. The lowest BCUT2D eigenvalue weighted by atomic mass is 10.0. The lowest BCUT2D eigenvalue weighted by molar-refractivity contribution is -0.169. The molecule has 1 aromatic heterocycles. The predicted molar refractivity (Wildman–Crippen MR) is 107 cm³/mol. The third-order valence-electron chi connectivity index (χ3n) is 5.53. The summed E-state index contributed by atoms with van der Waals surface area (Å²) < 4.78 is 11.6. The topological polar surface area (TPSA) is 76.6 Å². The number of para-hydroxylation sites is 1. The number of carbonyl (C=O) groups is 1. The van der Waals surface area contributed by atoms with Crippen LogP contribution in [0.4, 0.5) is 11.5 Å². The van der Waals surface area contributed by atoms with E-state index in [-0.39, 0.29) is 5.91 Å². The minimum atomic E-state index is -0.425. The van der Waals surface area contributed by atoms with Crippen molar-refractivity contribution in [2.45, 2.75) is 38.9 Å². The number of amides is 1. The molecule has 7 nitrogen and oxygen atoms in total. The second-order valence-corrected chi connectivity index (χ2v) is 7.27. The summed E-state index contributed by atoms with van der Waals surface area (Å²) in [6.07, 6.45) is 3.89. The van der Waals surface area contributed by atoms with E-state index in [1.807, 2.05) is 25.1 Å². The maximum absolute atomic E-state index is 12.8. The van der Waals surface area contributed by atoms with Crippen molar-refractivity contribution in [1.82, 2.24) is 9.97 Å². The van der Waals surface area contributed by atoms with Crippen LogP contribution in [0.15, 0.2) is 30.6 Å². The normalized spacial score (nSPS) is 18.4. The Morgan fingerprint density at radius 1 is 1.21 bits per heavy atom. The molecule has 2 fully saturated rings. The van der Waals surface area contributed by atoms with Crippen LogP contribution in [-0.4, -0.2) is 48.0 Å². The average molecular weight is 382 g/mol. The SMILES string of the molecule is CCc1cccc(C)c1NC(=O)c1cc(N2CCC3(CC2)OCCO3)ncn1. The van der Waals surface area contributed by atoms with Gasteiger partial charge in [-0.15, -0.1) is 0 Å². The van der Waals surface area contributed by atoms with Crippen molar-refractivity contribution in [2.24, 2.45) is 0 Å². The van der Waals surface area contributed by atoms with Crippen molar-refractivity contribution in [1.29, 1.82) is 0 Å². The molecular formula is C21H26N4O3. The first-order valence-corrected chi connectivity index (χ1v) is 9.85. The van der Waals surface area contributed by atoms with E-state index >= 15 is 0 Å². The van der Waals surface area contributed by atoms with E-state index in [1.165, 1.54) is 6.33 Å². The average Bonchev–Trinajstić information content (AvgIpc) is 3.18. The third-order valence-corrected chi connectivity index (χ3v) is 5.53. The van der Waals surface area contributed by atoms with E-state index in [9.17, 15) is 4.79 Å². The van der Waals surface area contributed by atoms with Gasteiger partial charge in [0.05, 0.1) is 13.2 Å². The Balaban J connectivity index is 1.47. The number of nitrogens with zero attached hydrogens (tertiary/aromatic N) is 3. The molecule has 0 unspecified atom stereocenters. The number of rotatable bonds is 4. The third kappa shape index (κ3) is 3.72. The van der Waals surface area contributed by atoms with E-state index in [0.717, 1.165) is 55.0 Å². The molecule has 148 valence electrons. The van der Waals surface area contributed by atoms with E-state index < -0.39 is 5.79 Å². The van der Waals surface area contributed by atoms with Crippen molar-refractivity contribution in [3.05, 3.63) is 47.4 Å². The molecule has 2 saturated heterocycles. The van der Waals surface area contributed by atoms with E-state index in [1.54, 1.807) is 6.07 Å². The number of aryl methyl sites for hydroxylation is 2. The lowest BCUT2D eigenvalue weighted by Crippen LogP contribution is -2.45. The summed E-state index contributed by atoms with van der Waals surface area (Å²) in [7, 11) is 0. The zero-order valence-corrected chi connectivity index (χ0v) is 16.4. The summed E-state index contributed by atoms with van der Waals surface area (Å²) in [5.41, 5.74) is 3.38. The Hall–Kier alpha value is -2.51. The molecule has 0 atom stereocenters. The Morgan fingerprint density at radius 2 is 1.96 bits per heavy atom. The first-order valence-electron chi connectivity index (χ1n) is 9.85. The second kappa shape index (κ2) is 7.85. The molecule has 1 spiro atoms. The summed E-state index contributed by atoms with van der Waals surface area (Å²) in [6, 6.07) is 7.79. The number of benzene rings is 1. The summed E-state index contributed by atoms with van der Waals surface area (Å²) in [5.74, 6) is 0.113. The van der Waals surface area contributed by atoms with Gasteiger partial charge in [-0.2, -0.15) is 0 Å². The van der Waals surface area contributed by atoms with Crippen LogP contribution in [0, 0.1) is 6.92 Å². The molecule has 3 heterocycles. The zero-order valence-electron chi connectivity index (χ0n) is 16.4. The number of hydrogen-bond acceptors (Lipinski definition) is 6. The first-order chi connectivity index (χ1) is 13.6. The van der Waals surface area contributed by atoms with E-state index in [2.05, 4.69) is 27.1 Å². The van der Waals surface area contributed by atoms with Crippen LogP contribution in [0.25, 0.3) is 0 Å². The maximum Gasteiger partial charge on any atom is 0.274 e. The fourth-order valence-electron chi connectivity index (χ4n) is 3.89. The Labute approximate surface area is 165 Å². The fraction of sp³-hybridized carbons (Fsp3) is 0.476. The van der Waals surface area contributed by atoms with Crippen molar-refractivity contribution in [2.75, 3.05) is 36.5 Å². The van der Waals surface area contributed by atoms with Crippen LogP contribution in [0.3, 0.4) is 0 Å². The molecule has 7 heteroatoms. The quantitative estimate of drug-likeness (QED) is 0.876. The number of nitrogens with one attached hydrogen (secondary N) is 1. The van der Waals surface area contributed by atoms with E-state index in [4.69, 9.17) is 9.47 Å². The molecule has 1 aromatic carbocycles. The van der Waals surface area contributed by atoms with Crippen molar-refractivity contribution >= 4 is 17.4 Å². The predicted octanol–water partition coefficient (Wildman–Crippen LogP) is 2.94. The number of hydrogen-bond donors (Lipinski definition) is 1. The molecular weight excluding hydrogens is 356 g/mol. The van der Waals surface area contributed by atoms with Gasteiger partial charge >= 0.3 is 0 Å². The molecule has 28 heavy (non-hydrogen) atoms. The highest BCUT2D eigenvalue weighted by Gasteiger charge is 2.40. The zero-order chi connectivity index (χ0) is 19.6. The van der Waals surface area contributed by atoms with Gasteiger partial charge in [0.25, 0.3) is 5.91 Å². The number of ether oxygens (including phenoxy) is 2. The fourth-order valence-corrected chi connectivity index (χ4v) is 3.89. The minimum Gasteiger partial charge on any atom is -0.356 e. The summed E-state index contributed by atoms with van der Waals surface area (Å²) in [4.78, 5) is 23.5. The Bertz CT molecular complexity index is 854. The molecule has 1 amide bonds. The molecule has 1 N–H and O–H groups in total. The van der Waals surface area contributed by atoms with Gasteiger partial charge < -0.3 is 19.7 Å². The monoisotopic (exact) mass is 382 g/mol. The molecule has 0 aliphatic carbocycles. The van der Waals surface area contributed by atoms with Gasteiger partial charge in [-0.3, -0.25) is 4.79 Å². The van der Waals surface area contributed by atoms with Crippen LogP contribution >= 0.6 is 0 Å². The van der Waals surface area contributed by atoms with Crippen molar-refractivity contribution < 1.29 is 14.3 Å². The Kier molecular flexibility index (Phi) is 5.28. The van der Waals surface area contributed by atoms with Crippen LogP contribution in [0.2, 0.25) is 0 Å². The number of carbonyl (C=O) groups excluding carboxylic acids is 1. The number of anilines is 2. The minimum absolute atomic E-state index is 0.219. The van der Waals surface area contributed by atoms with Crippen LogP contribution in [-0.2, 0) is 15.9 Å². The van der Waals surface area contributed by atoms with Crippen LogP contribution < -0.4 is 10.2 Å². The number of aromatic nitrogens is 2. The molecule has 2 aliphatic rings. The van der Waals surface area contributed by atoms with Gasteiger partial charge in [0, 0.05) is 37.7 Å². The molecule has 2 aromatic rings. The summed E-state index contributed by atoms with van der Waals surface area (Å²) in [5, 5.41) is 3.03. The highest BCUT2D eigenvalue weighted by Crippen LogP contribution is 2.32. The van der Waals surface area contributed by atoms with Crippen molar-refractivity contribution in [3.8, 4) is 0 Å². The van der Waals surface area contributed by atoms with Gasteiger partial charge in [0.1, 0.15) is 17.8 Å². The largest absolute Gasteiger partial charge is 0.356 e. The lowest BCUT2D eigenvalue weighted by Gasteiger charge is -2.38. The van der Waals surface area contributed by atoms with Gasteiger partial charge in [0.15, 0.2) is 5.79 Å². The number of piperidine rings is 1. The van der Waals surface area contributed by atoms with Gasteiger partial charge in [0.2, 0.25) is 0 Å². The maximum atomic E-state index is 12.8. The van der Waals surface area contributed by atoms with Gasteiger partial charge in [-0.05, 0) is 24.5 Å². The smallest absolute Gasteiger partial charge is 0.274 e. The first kappa shape index (κ1) is 18.8. The second-order valence-electron chi connectivity index (χ2n) is 7.27. The Morgan fingerprint density at radius 3 is 2.68 bits per heavy atom. The molecule has 4 rings (SSSR count). The molecule has 2 aliphatic heterocycles. The van der Waals surface area contributed by atoms with Gasteiger partial charge in [-0.25, -0.2) is 9.97 Å². The molecule has 0 bridgehead atoms. The molecule has 0 saturated carbocycles.